The maximum atomic E-state index is 13.0. The molecule has 0 aliphatic carbocycles. The summed E-state index contributed by atoms with van der Waals surface area (Å²) in [6.45, 7) is 0. The number of nitrogen functional groups attached to an aromatic ring is 1. The van der Waals surface area contributed by atoms with Crippen molar-refractivity contribution in [1.29, 1.82) is 5.41 Å². The molecule has 0 bridgehead atoms. The Morgan fingerprint density at radius 1 is 1.53 bits per heavy atom. The van der Waals surface area contributed by atoms with Gasteiger partial charge in [-0.2, -0.15) is 5.10 Å². The SMILES string of the molecule is N=C(N)c1cc(F)ccc1CSc1ncn[nH]1. The Hall–Kier alpha value is -1.89. The first-order chi connectivity index (χ1) is 8.16. The standard InChI is InChI=1S/C10H10FN5S/c11-7-2-1-6(8(3-7)9(12)13)4-17-10-14-5-15-16-10/h1-3,5H,4H2,(H3,12,13)(H,14,15,16). The molecule has 0 fully saturated rings. The van der Waals surface area contributed by atoms with Crippen LogP contribution < -0.4 is 5.73 Å². The number of amidine groups is 1. The molecule has 0 aliphatic heterocycles. The minimum absolute atomic E-state index is 0.141. The van der Waals surface area contributed by atoms with Crippen LogP contribution in [0.1, 0.15) is 11.1 Å². The highest BCUT2D eigenvalue weighted by Crippen LogP contribution is 2.21. The van der Waals surface area contributed by atoms with Crippen LogP contribution in [0.2, 0.25) is 0 Å². The lowest BCUT2D eigenvalue weighted by Gasteiger charge is -2.06. The highest BCUT2D eigenvalue weighted by Gasteiger charge is 2.08. The highest BCUT2D eigenvalue weighted by atomic mass is 32.2. The highest BCUT2D eigenvalue weighted by molar-refractivity contribution is 7.98. The molecule has 2 aromatic rings. The van der Waals surface area contributed by atoms with Gasteiger partial charge in [0.1, 0.15) is 18.0 Å². The first-order valence-electron chi connectivity index (χ1n) is 4.78. The molecular formula is C10H10FN5S. The molecular weight excluding hydrogens is 241 g/mol. The summed E-state index contributed by atoms with van der Waals surface area (Å²) in [7, 11) is 0. The maximum Gasteiger partial charge on any atom is 0.183 e. The molecule has 1 aromatic heterocycles. The molecule has 1 aromatic carbocycles. The normalized spacial score (nSPS) is 10.4. The lowest BCUT2D eigenvalue weighted by atomic mass is 10.1. The number of hydrogen-bond acceptors (Lipinski definition) is 4. The number of aromatic nitrogens is 3. The predicted octanol–water partition coefficient (Wildman–Crippen LogP) is 1.52. The molecule has 0 saturated heterocycles. The lowest BCUT2D eigenvalue weighted by molar-refractivity contribution is 0.627. The fourth-order valence-corrected chi connectivity index (χ4v) is 2.12. The van der Waals surface area contributed by atoms with Crippen LogP contribution in [-0.2, 0) is 5.75 Å². The molecule has 5 nitrogen and oxygen atoms in total. The first kappa shape index (κ1) is 11.6. The van der Waals surface area contributed by atoms with Crippen molar-refractivity contribution < 1.29 is 4.39 Å². The monoisotopic (exact) mass is 251 g/mol. The molecule has 17 heavy (non-hydrogen) atoms. The zero-order valence-corrected chi connectivity index (χ0v) is 9.59. The van der Waals surface area contributed by atoms with Crippen LogP contribution in [-0.4, -0.2) is 21.0 Å². The third-order valence-corrected chi connectivity index (χ3v) is 3.04. The molecule has 0 unspecified atom stereocenters. The van der Waals surface area contributed by atoms with Crippen molar-refractivity contribution >= 4 is 17.6 Å². The van der Waals surface area contributed by atoms with Gasteiger partial charge < -0.3 is 5.73 Å². The van der Waals surface area contributed by atoms with Crippen molar-refractivity contribution in [3.05, 3.63) is 41.5 Å². The second-order valence-electron chi connectivity index (χ2n) is 3.29. The third kappa shape index (κ3) is 2.82. The summed E-state index contributed by atoms with van der Waals surface area (Å²) in [6.07, 6.45) is 1.42. The Balaban J connectivity index is 2.17. The van der Waals surface area contributed by atoms with Gasteiger partial charge in [-0.15, -0.1) is 0 Å². The smallest absolute Gasteiger partial charge is 0.183 e. The summed E-state index contributed by atoms with van der Waals surface area (Å²) in [5.41, 5.74) is 6.61. The number of nitrogens with two attached hydrogens (primary N) is 1. The van der Waals surface area contributed by atoms with Gasteiger partial charge in [0.15, 0.2) is 5.16 Å². The van der Waals surface area contributed by atoms with Crippen LogP contribution >= 0.6 is 11.8 Å². The molecule has 0 aliphatic rings. The second kappa shape index (κ2) is 4.96. The molecule has 0 amide bonds. The topological polar surface area (TPSA) is 91.4 Å². The van der Waals surface area contributed by atoms with Crippen LogP contribution in [0.3, 0.4) is 0 Å². The van der Waals surface area contributed by atoms with E-state index in [1.54, 1.807) is 6.07 Å². The van der Waals surface area contributed by atoms with Gasteiger partial charge in [0.2, 0.25) is 0 Å². The quantitative estimate of drug-likeness (QED) is 0.436. The summed E-state index contributed by atoms with van der Waals surface area (Å²) in [5.74, 6) is 0.00554. The number of aromatic amines is 1. The zero-order valence-electron chi connectivity index (χ0n) is 8.77. The molecule has 88 valence electrons. The summed E-state index contributed by atoms with van der Waals surface area (Å²) >= 11 is 1.41. The Kier molecular flexibility index (Phi) is 3.38. The van der Waals surface area contributed by atoms with E-state index in [-0.39, 0.29) is 5.84 Å². The van der Waals surface area contributed by atoms with Crippen LogP contribution in [0.15, 0.2) is 29.7 Å². The van der Waals surface area contributed by atoms with Crippen LogP contribution in [0, 0.1) is 11.2 Å². The summed E-state index contributed by atoms with van der Waals surface area (Å²) in [6, 6.07) is 4.23. The van der Waals surface area contributed by atoms with E-state index in [0.29, 0.717) is 16.5 Å². The van der Waals surface area contributed by atoms with E-state index < -0.39 is 5.82 Å². The van der Waals surface area contributed by atoms with Crippen molar-refractivity contribution in [1.82, 2.24) is 15.2 Å². The van der Waals surface area contributed by atoms with E-state index in [0.717, 1.165) is 5.56 Å². The number of halogens is 1. The van der Waals surface area contributed by atoms with Gasteiger partial charge in [-0.25, -0.2) is 9.37 Å². The van der Waals surface area contributed by atoms with E-state index in [2.05, 4.69) is 15.2 Å². The zero-order chi connectivity index (χ0) is 12.3. The number of nitrogens with zero attached hydrogens (tertiary/aromatic N) is 2. The van der Waals surface area contributed by atoms with Gasteiger partial charge in [0, 0.05) is 11.3 Å². The number of thioether (sulfide) groups is 1. The Labute approximate surface area is 101 Å². The van der Waals surface area contributed by atoms with Crippen molar-refractivity contribution in [2.24, 2.45) is 5.73 Å². The minimum atomic E-state index is -0.399. The van der Waals surface area contributed by atoms with E-state index >= 15 is 0 Å². The van der Waals surface area contributed by atoms with Gasteiger partial charge in [0.05, 0.1) is 0 Å². The minimum Gasteiger partial charge on any atom is -0.384 e. The van der Waals surface area contributed by atoms with Crippen LogP contribution in [0.5, 0.6) is 0 Å². The second-order valence-corrected chi connectivity index (χ2v) is 4.26. The molecule has 0 radical (unpaired) electrons. The predicted molar refractivity (Wildman–Crippen MR) is 63.4 cm³/mol. The average molecular weight is 251 g/mol. The number of H-pyrrole nitrogens is 1. The lowest BCUT2D eigenvalue weighted by Crippen LogP contribution is -2.13. The van der Waals surface area contributed by atoms with Crippen molar-refractivity contribution in [2.75, 3.05) is 0 Å². The number of benzene rings is 1. The maximum absolute atomic E-state index is 13.0. The molecule has 0 saturated carbocycles. The average Bonchev–Trinajstić information content (AvgIpc) is 2.80. The first-order valence-corrected chi connectivity index (χ1v) is 5.76. The number of nitrogens with one attached hydrogen (secondary N) is 2. The fourth-order valence-electron chi connectivity index (χ4n) is 1.34. The number of rotatable bonds is 4. The van der Waals surface area contributed by atoms with Crippen LogP contribution in [0.4, 0.5) is 4.39 Å². The van der Waals surface area contributed by atoms with Gasteiger partial charge in [-0.05, 0) is 17.7 Å². The van der Waals surface area contributed by atoms with Crippen LogP contribution in [0.25, 0.3) is 0 Å². The Bertz CT molecular complexity index is 525. The summed E-state index contributed by atoms with van der Waals surface area (Å²) in [5, 5.41) is 14.5. The van der Waals surface area contributed by atoms with Crippen molar-refractivity contribution in [3.8, 4) is 0 Å². The van der Waals surface area contributed by atoms with Crippen molar-refractivity contribution in [3.63, 3.8) is 0 Å². The van der Waals surface area contributed by atoms with Gasteiger partial charge in [-0.1, -0.05) is 17.8 Å². The molecule has 4 N–H and O–H groups in total. The summed E-state index contributed by atoms with van der Waals surface area (Å²) < 4.78 is 13.0. The van der Waals surface area contributed by atoms with Gasteiger partial charge in [0.25, 0.3) is 0 Å². The molecule has 2 rings (SSSR count). The number of hydrogen-bond donors (Lipinski definition) is 3. The largest absolute Gasteiger partial charge is 0.384 e. The van der Waals surface area contributed by atoms with E-state index in [4.69, 9.17) is 11.1 Å². The third-order valence-electron chi connectivity index (χ3n) is 2.12. The fraction of sp³-hybridized carbons (Fsp3) is 0.100. The Morgan fingerprint density at radius 2 is 2.35 bits per heavy atom. The van der Waals surface area contributed by atoms with Gasteiger partial charge in [-0.3, -0.25) is 10.5 Å². The summed E-state index contributed by atoms with van der Waals surface area (Å²) in [4.78, 5) is 3.96. The molecule has 1 heterocycles. The van der Waals surface area contributed by atoms with Crippen molar-refractivity contribution in [2.45, 2.75) is 10.9 Å². The van der Waals surface area contributed by atoms with E-state index in [1.807, 2.05) is 0 Å². The molecule has 0 atom stereocenters. The molecule has 7 heteroatoms. The van der Waals surface area contributed by atoms with E-state index in [1.165, 1.54) is 30.2 Å². The molecule has 0 spiro atoms. The van der Waals surface area contributed by atoms with E-state index in [9.17, 15) is 4.39 Å². The Morgan fingerprint density at radius 3 is 3.00 bits per heavy atom. The van der Waals surface area contributed by atoms with Gasteiger partial charge >= 0.3 is 0 Å².